The van der Waals surface area contributed by atoms with Gasteiger partial charge in [-0.3, -0.25) is 4.90 Å². The number of halogens is 1. The summed E-state index contributed by atoms with van der Waals surface area (Å²) in [5, 5.41) is 6.50. The molecule has 1 aromatic carbocycles. The van der Waals surface area contributed by atoms with E-state index in [0.29, 0.717) is 23.8 Å². The van der Waals surface area contributed by atoms with E-state index in [1.165, 1.54) is 6.07 Å². The van der Waals surface area contributed by atoms with Crippen LogP contribution in [0.2, 0.25) is 0 Å². The van der Waals surface area contributed by atoms with E-state index in [-0.39, 0.29) is 5.82 Å². The van der Waals surface area contributed by atoms with Crippen molar-refractivity contribution in [2.24, 2.45) is 0 Å². The molecule has 0 unspecified atom stereocenters. The minimum atomic E-state index is -0.218. The van der Waals surface area contributed by atoms with Gasteiger partial charge in [0.15, 0.2) is 0 Å². The number of nitrogens with zero attached hydrogens (tertiary/aromatic N) is 3. The molecule has 7 heteroatoms. The summed E-state index contributed by atoms with van der Waals surface area (Å²) in [7, 11) is 0. The molecule has 25 heavy (non-hydrogen) atoms. The number of hydrogen-bond acceptors (Lipinski definition) is 6. The Hall–Kier alpha value is -2.25. The van der Waals surface area contributed by atoms with Gasteiger partial charge in [-0.05, 0) is 13.0 Å². The van der Waals surface area contributed by atoms with E-state index >= 15 is 0 Å². The topological polar surface area (TPSA) is 62.3 Å². The van der Waals surface area contributed by atoms with Crippen LogP contribution in [0.3, 0.4) is 0 Å². The Kier molecular flexibility index (Phi) is 6.14. The summed E-state index contributed by atoms with van der Waals surface area (Å²) in [6.45, 7) is 7.54. The molecule has 0 atom stereocenters. The van der Waals surface area contributed by atoms with Crippen LogP contribution in [0.25, 0.3) is 0 Å². The SMILES string of the molecule is Cc1nc(NCCN2CCOCC2)cc(NCc2ccccc2F)n1. The fourth-order valence-corrected chi connectivity index (χ4v) is 2.74. The average Bonchev–Trinajstić information content (AvgIpc) is 2.62. The molecule has 1 saturated heterocycles. The second-order valence-electron chi connectivity index (χ2n) is 6.01. The lowest BCUT2D eigenvalue weighted by Gasteiger charge is -2.26. The molecule has 1 aromatic heterocycles. The summed E-state index contributed by atoms with van der Waals surface area (Å²) < 4.78 is 19.0. The molecule has 0 bridgehead atoms. The highest BCUT2D eigenvalue weighted by Crippen LogP contribution is 2.14. The standard InChI is InChI=1S/C18H24FN5O/c1-14-22-17(20-6-7-24-8-10-25-11-9-24)12-18(23-14)21-13-15-4-2-3-5-16(15)19/h2-5,12H,6-11,13H2,1H3,(H2,20,21,22,23). The van der Waals surface area contributed by atoms with Crippen molar-refractivity contribution in [2.75, 3.05) is 50.0 Å². The Labute approximate surface area is 147 Å². The Balaban J connectivity index is 1.53. The maximum atomic E-state index is 13.7. The van der Waals surface area contributed by atoms with Crippen LogP contribution in [-0.4, -0.2) is 54.3 Å². The second kappa shape index (κ2) is 8.73. The quantitative estimate of drug-likeness (QED) is 0.803. The molecule has 134 valence electrons. The van der Waals surface area contributed by atoms with Crippen molar-refractivity contribution in [3.63, 3.8) is 0 Å². The Morgan fingerprint density at radius 3 is 2.60 bits per heavy atom. The zero-order chi connectivity index (χ0) is 17.5. The summed E-state index contributed by atoms with van der Waals surface area (Å²) in [6, 6.07) is 8.58. The van der Waals surface area contributed by atoms with E-state index in [1.54, 1.807) is 12.1 Å². The first-order valence-electron chi connectivity index (χ1n) is 8.57. The van der Waals surface area contributed by atoms with Gasteiger partial charge in [-0.1, -0.05) is 18.2 Å². The molecule has 0 amide bonds. The van der Waals surface area contributed by atoms with Crippen LogP contribution in [0.4, 0.5) is 16.0 Å². The van der Waals surface area contributed by atoms with Gasteiger partial charge in [0.2, 0.25) is 0 Å². The molecular weight excluding hydrogens is 321 g/mol. The predicted molar refractivity (Wildman–Crippen MR) is 96.2 cm³/mol. The van der Waals surface area contributed by atoms with E-state index in [4.69, 9.17) is 4.74 Å². The van der Waals surface area contributed by atoms with Crippen molar-refractivity contribution in [1.29, 1.82) is 0 Å². The number of rotatable bonds is 7. The fourth-order valence-electron chi connectivity index (χ4n) is 2.74. The smallest absolute Gasteiger partial charge is 0.132 e. The third kappa shape index (κ3) is 5.37. The van der Waals surface area contributed by atoms with Gasteiger partial charge in [0, 0.05) is 44.4 Å². The summed E-state index contributed by atoms with van der Waals surface area (Å²) in [6.07, 6.45) is 0. The van der Waals surface area contributed by atoms with Crippen LogP contribution in [0.15, 0.2) is 30.3 Å². The normalized spacial score (nSPS) is 15.1. The number of nitrogens with one attached hydrogen (secondary N) is 2. The summed E-state index contributed by atoms with van der Waals surface area (Å²) in [5.41, 5.74) is 0.612. The van der Waals surface area contributed by atoms with Gasteiger partial charge in [-0.25, -0.2) is 14.4 Å². The third-order valence-corrected chi connectivity index (χ3v) is 4.09. The number of aryl methyl sites for hydroxylation is 1. The van der Waals surface area contributed by atoms with Crippen LogP contribution in [0, 0.1) is 12.7 Å². The molecule has 3 rings (SSSR count). The first-order valence-corrected chi connectivity index (χ1v) is 8.57. The van der Waals surface area contributed by atoms with Gasteiger partial charge in [-0.15, -0.1) is 0 Å². The molecule has 2 aromatic rings. The predicted octanol–water partition coefficient (Wildman–Crippen LogP) is 2.28. The molecule has 6 nitrogen and oxygen atoms in total. The molecule has 0 aliphatic carbocycles. The molecule has 0 saturated carbocycles. The van der Waals surface area contributed by atoms with E-state index in [2.05, 4.69) is 25.5 Å². The largest absolute Gasteiger partial charge is 0.379 e. The molecule has 0 spiro atoms. The minimum absolute atomic E-state index is 0.218. The number of hydrogen-bond donors (Lipinski definition) is 2. The number of ether oxygens (including phenoxy) is 1. The Morgan fingerprint density at radius 2 is 1.84 bits per heavy atom. The number of morpholine rings is 1. The molecular formula is C18H24FN5O. The first-order chi connectivity index (χ1) is 12.2. The van der Waals surface area contributed by atoms with Gasteiger partial charge >= 0.3 is 0 Å². The first kappa shape index (κ1) is 17.6. The molecule has 1 aliphatic rings. The van der Waals surface area contributed by atoms with E-state index in [9.17, 15) is 4.39 Å². The lowest BCUT2D eigenvalue weighted by Crippen LogP contribution is -2.39. The second-order valence-corrected chi connectivity index (χ2v) is 6.01. The highest BCUT2D eigenvalue weighted by Gasteiger charge is 2.10. The van der Waals surface area contributed by atoms with Gasteiger partial charge in [0.25, 0.3) is 0 Å². The Bertz CT molecular complexity index is 691. The summed E-state index contributed by atoms with van der Waals surface area (Å²) >= 11 is 0. The monoisotopic (exact) mass is 345 g/mol. The maximum absolute atomic E-state index is 13.7. The third-order valence-electron chi connectivity index (χ3n) is 4.09. The highest BCUT2D eigenvalue weighted by molar-refractivity contribution is 5.47. The van der Waals surface area contributed by atoms with Gasteiger partial charge in [0.1, 0.15) is 23.3 Å². The lowest BCUT2D eigenvalue weighted by molar-refractivity contribution is 0.0398. The van der Waals surface area contributed by atoms with Crippen LogP contribution < -0.4 is 10.6 Å². The van der Waals surface area contributed by atoms with Crippen molar-refractivity contribution in [3.8, 4) is 0 Å². The number of aromatic nitrogens is 2. The van der Waals surface area contributed by atoms with E-state index in [0.717, 1.165) is 45.2 Å². The number of anilines is 2. The molecule has 1 fully saturated rings. The van der Waals surface area contributed by atoms with E-state index in [1.807, 2.05) is 19.1 Å². The minimum Gasteiger partial charge on any atom is -0.379 e. The molecule has 0 radical (unpaired) electrons. The molecule has 2 heterocycles. The fraction of sp³-hybridized carbons (Fsp3) is 0.444. The lowest BCUT2D eigenvalue weighted by atomic mass is 10.2. The molecule has 2 N–H and O–H groups in total. The van der Waals surface area contributed by atoms with Crippen molar-refractivity contribution in [2.45, 2.75) is 13.5 Å². The highest BCUT2D eigenvalue weighted by atomic mass is 19.1. The zero-order valence-corrected chi connectivity index (χ0v) is 14.5. The van der Waals surface area contributed by atoms with Crippen molar-refractivity contribution in [3.05, 3.63) is 47.5 Å². The average molecular weight is 345 g/mol. The van der Waals surface area contributed by atoms with Crippen LogP contribution in [0.5, 0.6) is 0 Å². The van der Waals surface area contributed by atoms with Gasteiger partial charge in [0.05, 0.1) is 13.2 Å². The zero-order valence-electron chi connectivity index (χ0n) is 14.5. The van der Waals surface area contributed by atoms with Crippen molar-refractivity contribution in [1.82, 2.24) is 14.9 Å². The van der Waals surface area contributed by atoms with E-state index < -0.39 is 0 Å². The van der Waals surface area contributed by atoms with Crippen molar-refractivity contribution < 1.29 is 9.13 Å². The summed E-state index contributed by atoms with van der Waals surface area (Å²) in [5.74, 6) is 1.92. The van der Waals surface area contributed by atoms with Gasteiger partial charge < -0.3 is 15.4 Å². The summed E-state index contributed by atoms with van der Waals surface area (Å²) in [4.78, 5) is 11.1. The molecule has 1 aliphatic heterocycles. The number of benzene rings is 1. The van der Waals surface area contributed by atoms with Crippen LogP contribution >= 0.6 is 0 Å². The van der Waals surface area contributed by atoms with Crippen LogP contribution in [0.1, 0.15) is 11.4 Å². The van der Waals surface area contributed by atoms with Crippen LogP contribution in [-0.2, 0) is 11.3 Å². The Morgan fingerprint density at radius 1 is 1.12 bits per heavy atom. The maximum Gasteiger partial charge on any atom is 0.132 e. The van der Waals surface area contributed by atoms with Gasteiger partial charge in [-0.2, -0.15) is 0 Å². The van der Waals surface area contributed by atoms with Crippen molar-refractivity contribution >= 4 is 11.6 Å².